The Kier molecular flexibility index (Phi) is 5.34. The van der Waals surface area contributed by atoms with Crippen molar-refractivity contribution < 1.29 is 14.3 Å². The van der Waals surface area contributed by atoms with Gasteiger partial charge < -0.3 is 14.5 Å². The quantitative estimate of drug-likeness (QED) is 0.766. The summed E-state index contributed by atoms with van der Waals surface area (Å²) in [4.78, 5) is 38.1. The van der Waals surface area contributed by atoms with E-state index in [0.29, 0.717) is 44.4 Å². The molecular weight excluding hydrogens is 392 g/mol. The van der Waals surface area contributed by atoms with Gasteiger partial charge in [0.15, 0.2) is 5.78 Å². The third kappa shape index (κ3) is 4.01. The van der Waals surface area contributed by atoms with E-state index in [9.17, 15) is 9.59 Å². The minimum absolute atomic E-state index is 0.00101. The topological polar surface area (TPSA) is 75.1 Å². The van der Waals surface area contributed by atoms with Crippen LogP contribution in [0.4, 0.5) is 5.69 Å². The fourth-order valence-corrected chi connectivity index (χ4v) is 4.45. The second-order valence-electron chi connectivity index (χ2n) is 7.93. The summed E-state index contributed by atoms with van der Waals surface area (Å²) in [5.74, 6) is 0.644. The smallest absolute Gasteiger partial charge is 0.232 e. The zero-order valence-corrected chi connectivity index (χ0v) is 17.3. The highest BCUT2D eigenvalue weighted by molar-refractivity contribution is 6.16. The van der Waals surface area contributed by atoms with Gasteiger partial charge in [-0.2, -0.15) is 0 Å². The van der Waals surface area contributed by atoms with Crippen LogP contribution < -0.4 is 4.90 Å². The predicted octanol–water partition coefficient (Wildman–Crippen LogP) is 2.62. The van der Waals surface area contributed by atoms with Gasteiger partial charge in [0.2, 0.25) is 5.91 Å². The highest BCUT2D eigenvalue weighted by atomic mass is 16.5. The van der Waals surface area contributed by atoms with Crippen molar-refractivity contribution in [3.63, 3.8) is 0 Å². The second-order valence-corrected chi connectivity index (χ2v) is 7.93. The number of hydrogen-bond acceptors (Lipinski definition) is 6. The maximum absolute atomic E-state index is 13.2. The number of fused-ring (bicyclic) bond motifs is 1. The maximum atomic E-state index is 13.2. The van der Waals surface area contributed by atoms with Crippen molar-refractivity contribution in [1.29, 1.82) is 0 Å². The van der Waals surface area contributed by atoms with E-state index >= 15 is 0 Å². The van der Waals surface area contributed by atoms with Crippen LogP contribution in [0.2, 0.25) is 0 Å². The number of nitrogens with zero attached hydrogens (tertiary/aromatic N) is 4. The van der Waals surface area contributed by atoms with E-state index in [4.69, 9.17) is 4.74 Å². The summed E-state index contributed by atoms with van der Waals surface area (Å²) >= 11 is 0. The van der Waals surface area contributed by atoms with Crippen LogP contribution >= 0.6 is 0 Å². The van der Waals surface area contributed by atoms with Crippen LogP contribution in [0.25, 0.3) is 11.1 Å². The minimum Gasteiger partial charge on any atom is -0.378 e. The summed E-state index contributed by atoms with van der Waals surface area (Å²) in [7, 11) is 0. The molecule has 0 spiro atoms. The van der Waals surface area contributed by atoms with Gasteiger partial charge in [-0.05, 0) is 41.3 Å². The van der Waals surface area contributed by atoms with Gasteiger partial charge in [-0.15, -0.1) is 0 Å². The van der Waals surface area contributed by atoms with Crippen LogP contribution in [0.3, 0.4) is 0 Å². The van der Waals surface area contributed by atoms with Crippen molar-refractivity contribution >= 4 is 23.1 Å². The third-order valence-corrected chi connectivity index (χ3v) is 5.95. The Hall–Kier alpha value is -3.32. The average molecular weight is 416 g/mol. The standard InChI is InChI=1S/C24H24N4O3/c29-19-14-18(26-23(16-19)27-10-12-31-13-11-27)15-24(30)28-9-6-21-20(2-1-3-22(21)28)17-4-7-25-8-5-17/h1-5,7-8,16H,6,9-15H2. The molecule has 0 radical (unpaired) electrons. The van der Waals surface area contributed by atoms with E-state index in [1.54, 1.807) is 18.5 Å². The van der Waals surface area contributed by atoms with Gasteiger partial charge in [-0.3, -0.25) is 14.6 Å². The molecule has 0 bridgehead atoms. The average Bonchev–Trinajstić information content (AvgIpc) is 3.24. The SMILES string of the molecule is O=C1C=C(N2CCOCC2)N=C(CC(=O)N2CCc3c(-c4ccncc4)cccc32)C1. The first-order chi connectivity index (χ1) is 15.2. The summed E-state index contributed by atoms with van der Waals surface area (Å²) in [5.41, 5.74) is 5.00. The van der Waals surface area contributed by atoms with E-state index in [-0.39, 0.29) is 24.5 Å². The van der Waals surface area contributed by atoms with Crippen molar-refractivity contribution in [3.05, 3.63) is 60.2 Å². The Labute approximate surface area is 181 Å². The number of pyridine rings is 1. The van der Waals surface area contributed by atoms with Gasteiger partial charge in [-0.25, -0.2) is 4.99 Å². The minimum atomic E-state index is -0.0135. The number of amides is 1. The number of allylic oxidation sites excluding steroid dienone is 1. The molecule has 31 heavy (non-hydrogen) atoms. The molecule has 1 aromatic heterocycles. The van der Waals surface area contributed by atoms with E-state index < -0.39 is 0 Å². The fraction of sp³-hybridized carbons (Fsp3) is 0.333. The molecule has 158 valence electrons. The predicted molar refractivity (Wildman–Crippen MR) is 118 cm³/mol. The number of benzene rings is 1. The van der Waals surface area contributed by atoms with Gasteiger partial charge >= 0.3 is 0 Å². The van der Waals surface area contributed by atoms with Crippen LogP contribution in [0.5, 0.6) is 0 Å². The van der Waals surface area contributed by atoms with Gasteiger partial charge in [0.05, 0.1) is 19.6 Å². The van der Waals surface area contributed by atoms with Gasteiger partial charge in [0.1, 0.15) is 5.82 Å². The molecule has 1 saturated heterocycles. The number of rotatable bonds is 4. The lowest BCUT2D eigenvalue weighted by Gasteiger charge is -2.30. The first-order valence-electron chi connectivity index (χ1n) is 10.7. The monoisotopic (exact) mass is 416 g/mol. The fourth-order valence-electron chi connectivity index (χ4n) is 4.45. The van der Waals surface area contributed by atoms with Gasteiger partial charge in [0, 0.05) is 55.9 Å². The Morgan fingerprint density at radius 2 is 1.87 bits per heavy atom. The molecule has 3 aliphatic heterocycles. The number of aromatic nitrogens is 1. The summed E-state index contributed by atoms with van der Waals surface area (Å²) in [5, 5.41) is 0. The summed E-state index contributed by atoms with van der Waals surface area (Å²) in [6.45, 7) is 3.31. The molecule has 0 aliphatic carbocycles. The Morgan fingerprint density at radius 1 is 1.06 bits per heavy atom. The van der Waals surface area contributed by atoms with E-state index in [1.807, 2.05) is 29.2 Å². The van der Waals surface area contributed by atoms with Crippen molar-refractivity contribution in [2.24, 2.45) is 4.99 Å². The van der Waals surface area contributed by atoms with Crippen molar-refractivity contribution in [1.82, 2.24) is 9.88 Å². The number of hydrogen-bond donors (Lipinski definition) is 0. The number of anilines is 1. The molecule has 5 rings (SSSR count). The second kappa shape index (κ2) is 8.43. The molecule has 0 atom stereocenters. The zero-order chi connectivity index (χ0) is 21.2. The lowest BCUT2D eigenvalue weighted by Crippen LogP contribution is -2.37. The summed E-state index contributed by atoms with van der Waals surface area (Å²) < 4.78 is 5.38. The summed E-state index contributed by atoms with van der Waals surface area (Å²) in [6.07, 6.45) is 6.33. The maximum Gasteiger partial charge on any atom is 0.232 e. The first-order valence-corrected chi connectivity index (χ1v) is 10.7. The van der Waals surface area contributed by atoms with Crippen LogP contribution in [0.1, 0.15) is 18.4 Å². The molecule has 4 heterocycles. The molecule has 2 aromatic rings. The van der Waals surface area contributed by atoms with Gasteiger partial charge in [0.25, 0.3) is 0 Å². The van der Waals surface area contributed by atoms with Crippen LogP contribution in [-0.4, -0.2) is 60.1 Å². The molecule has 0 unspecified atom stereocenters. The van der Waals surface area contributed by atoms with Crippen LogP contribution in [-0.2, 0) is 20.7 Å². The Morgan fingerprint density at radius 3 is 2.68 bits per heavy atom. The largest absolute Gasteiger partial charge is 0.378 e. The molecule has 1 aromatic carbocycles. The number of aliphatic imine (C=N–C) groups is 1. The molecular formula is C24H24N4O3. The molecule has 3 aliphatic rings. The number of ketones is 1. The van der Waals surface area contributed by atoms with Crippen molar-refractivity contribution in [2.45, 2.75) is 19.3 Å². The number of ether oxygens (including phenoxy) is 1. The zero-order valence-electron chi connectivity index (χ0n) is 17.3. The number of carbonyl (C=O) groups is 2. The van der Waals surface area contributed by atoms with Gasteiger partial charge in [-0.1, -0.05) is 12.1 Å². The molecule has 1 amide bonds. The van der Waals surface area contributed by atoms with E-state index in [0.717, 1.165) is 23.2 Å². The van der Waals surface area contributed by atoms with Crippen LogP contribution in [0.15, 0.2) is 59.6 Å². The van der Waals surface area contributed by atoms with E-state index in [2.05, 4.69) is 20.9 Å². The van der Waals surface area contributed by atoms with E-state index in [1.165, 1.54) is 5.56 Å². The molecule has 0 N–H and O–H groups in total. The lowest BCUT2D eigenvalue weighted by molar-refractivity contribution is -0.117. The molecule has 7 heteroatoms. The van der Waals surface area contributed by atoms with Crippen molar-refractivity contribution in [3.8, 4) is 11.1 Å². The normalized spacial score (nSPS) is 18.5. The number of morpholine rings is 1. The lowest BCUT2D eigenvalue weighted by atomic mass is 9.99. The number of carbonyl (C=O) groups excluding carboxylic acids is 2. The molecule has 0 saturated carbocycles. The summed E-state index contributed by atoms with van der Waals surface area (Å²) in [6, 6.07) is 10.0. The van der Waals surface area contributed by atoms with Crippen molar-refractivity contribution in [2.75, 3.05) is 37.7 Å². The first kappa shape index (κ1) is 19.6. The molecule has 7 nitrogen and oxygen atoms in total. The van der Waals surface area contributed by atoms with Crippen LogP contribution in [0, 0.1) is 0 Å². The Bertz CT molecular complexity index is 1070. The Balaban J connectivity index is 1.35. The third-order valence-electron chi connectivity index (χ3n) is 5.95. The highest BCUT2D eigenvalue weighted by Crippen LogP contribution is 2.36. The molecule has 1 fully saturated rings. The highest BCUT2D eigenvalue weighted by Gasteiger charge is 2.29.